The minimum absolute atomic E-state index is 0.705. The van der Waals surface area contributed by atoms with Crippen molar-refractivity contribution in [1.82, 2.24) is 24.6 Å². The van der Waals surface area contributed by atoms with Gasteiger partial charge < -0.3 is 0 Å². The van der Waals surface area contributed by atoms with E-state index in [4.69, 9.17) is 4.98 Å². The van der Waals surface area contributed by atoms with Gasteiger partial charge in [-0.05, 0) is 42.9 Å². The minimum atomic E-state index is 0.705. The standard InChI is InChI=1S/C17H15N5S/c1-10-4-5-12-13(7-10)23-17-14(12)16-20-15(21-22(16)9-19-17)11-3-2-6-18-8-11/h2-3,6,8-10H,4-5,7H2,1H3/t10-/m0/s1. The van der Waals surface area contributed by atoms with Crippen LogP contribution in [0.15, 0.2) is 30.9 Å². The molecule has 1 atom stereocenters. The quantitative estimate of drug-likeness (QED) is 0.538. The molecule has 1 aliphatic rings. The molecule has 4 heterocycles. The highest BCUT2D eigenvalue weighted by Crippen LogP contribution is 2.38. The normalized spacial score (nSPS) is 17.7. The Morgan fingerprint density at radius 2 is 2.30 bits per heavy atom. The number of pyridine rings is 1. The Kier molecular flexibility index (Phi) is 2.76. The van der Waals surface area contributed by atoms with Crippen molar-refractivity contribution < 1.29 is 0 Å². The van der Waals surface area contributed by atoms with E-state index in [9.17, 15) is 0 Å². The first-order chi connectivity index (χ1) is 11.3. The third-order valence-corrected chi connectivity index (χ3v) is 5.71. The Balaban J connectivity index is 1.78. The first kappa shape index (κ1) is 13.1. The van der Waals surface area contributed by atoms with Crippen molar-refractivity contribution in [1.29, 1.82) is 0 Å². The molecule has 6 heteroatoms. The van der Waals surface area contributed by atoms with Crippen molar-refractivity contribution in [2.45, 2.75) is 26.2 Å². The molecule has 0 aliphatic heterocycles. The summed E-state index contributed by atoms with van der Waals surface area (Å²) in [5.41, 5.74) is 3.29. The van der Waals surface area contributed by atoms with Gasteiger partial charge in [0, 0.05) is 22.8 Å². The second kappa shape index (κ2) is 4.83. The van der Waals surface area contributed by atoms with Gasteiger partial charge in [-0.1, -0.05) is 6.92 Å². The summed E-state index contributed by atoms with van der Waals surface area (Å²) in [7, 11) is 0. The van der Waals surface area contributed by atoms with Gasteiger partial charge in [0.2, 0.25) is 0 Å². The molecule has 1 aliphatic carbocycles. The Morgan fingerprint density at radius 3 is 3.17 bits per heavy atom. The van der Waals surface area contributed by atoms with Gasteiger partial charge in [-0.25, -0.2) is 14.5 Å². The number of hydrogen-bond donors (Lipinski definition) is 0. The second-order valence-corrected chi connectivity index (χ2v) is 7.31. The van der Waals surface area contributed by atoms with Gasteiger partial charge >= 0.3 is 0 Å². The molecule has 4 aromatic rings. The Hall–Kier alpha value is -2.34. The Bertz CT molecular complexity index is 1020. The highest BCUT2D eigenvalue weighted by molar-refractivity contribution is 7.19. The predicted molar refractivity (Wildman–Crippen MR) is 90.6 cm³/mol. The van der Waals surface area contributed by atoms with Crippen LogP contribution in [0.1, 0.15) is 23.8 Å². The van der Waals surface area contributed by atoms with Crippen LogP contribution in [0.4, 0.5) is 0 Å². The molecule has 4 aromatic heterocycles. The molecule has 5 rings (SSSR count). The van der Waals surface area contributed by atoms with Crippen molar-refractivity contribution >= 4 is 27.2 Å². The van der Waals surface area contributed by atoms with Crippen LogP contribution in [-0.4, -0.2) is 24.6 Å². The van der Waals surface area contributed by atoms with Crippen LogP contribution in [0.3, 0.4) is 0 Å². The summed E-state index contributed by atoms with van der Waals surface area (Å²) in [6.07, 6.45) is 8.85. The van der Waals surface area contributed by atoms with E-state index in [1.165, 1.54) is 22.2 Å². The summed E-state index contributed by atoms with van der Waals surface area (Å²) in [4.78, 5) is 16.1. The van der Waals surface area contributed by atoms with Crippen LogP contribution in [0.25, 0.3) is 27.3 Å². The molecule has 114 valence electrons. The Morgan fingerprint density at radius 1 is 1.35 bits per heavy atom. The summed E-state index contributed by atoms with van der Waals surface area (Å²) in [6, 6.07) is 3.89. The molecule has 0 N–H and O–H groups in total. The fourth-order valence-electron chi connectivity index (χ4n) is 3.36. The average molecular weight is 321 g/mol. The number of aryl methyl sites for hydroxylation is 1. The maximum absolute atomic E-state index is 4.79. The molecule has 0 spiro atoms. The molecule has 0 saturated heterocycles. The van der Waals surface area contributed by atoms with Crippen molar-refractivity contribution in [3.63, 3.8) is 0 Å². The smallest absolute Gasteiger partial charge is 0.183 e. The molecular weight excluding hydrogens is 306 g/mol. The third kappa shape index (κ3) is 1.98. The fourth-order valence-corrected chi connectivity index (χ4v) is 4.70. The van der Waals surface area contributed by atoms with Crippen LogP contribution in [0.5, 0.6) is 0 Å². The van der Waals surface area contributed by atoms with Crippen molar-refractivity contribution in [3.8, 4) is 11.4 Å². The van der Waals surface area contributed by atoms with E-state index < -0.39 is 0 Å². The first-order valence-electron chi connectivity index (χ1n) is 7.85. The van der Waals surface area contributed by atoms with Crippen LogP contribution in [-0.2, 0) is 12.8 Å². The number of rotatable bonds is 1. The van der Waals surface area contributed by atoms with Crippen molar-refractivity contribution in [3.05, 3.63) is 41.3 Å². The Labute approximate surface area is 137 Å². The lowest BCUT2D eigenvalue weighted by atomic mass is 9.89. The zero-order valence-electron chi connectivity index (χ0n) is 12.7. The third-order valence-electron chi connectivity index (χ3n) is 4.55. The first-order valence-corrected chi connectivity index (χ1v) is 8.67. The lowest BCUT2D eigenvalue weighted by molar-refractivity contribution is 0.509. The van der Waals surface area contributed by atoms with Gasteiger partial charge in [-0.15, -0.1) is 16.4 Å². The molecule has 0 aromatic carbocycles. The molecule has 0 amide bonds. The molecule has 0 fully saturated rings. The van der Waals surface area contributed by atoms with Gasteiger partial charge in [0.1, 0.15) is 11.2 Å². The highest BCUT2D eigenvalue weighted by Gasteiger charge is 2.23. The minimum Gasteiger partial charge on any atom is -0.264 e. The second-order valence-electron chi connectivity index (χ2n) is 6.22. The molecule has 0 unspecified atom stereocenters. The van der Waals surface area contributed by atoms with E-state index in [0.717, 1.165) is 34.8 Å². The van der Waals surface area contributed by atoms with Crippen LogP contribution in [0.2, 0.25) is 0 Å². The number of thiophene rings is 1. The lowest BCUT2D eigenvalue weighted by Gasteiger charge is -2.17. The number of nitrogens with zero attached hydrogens (tertiary/aromatic N) is 5. The van der Waals surface area contributed by atoms with Gasteiger partial charge in [0.25, 0.3) is 0 Å². The molecule has 0 bridgehead atoms. The number of aromatic nitrogens is 5. The highest BCUT2D eigenvalue weighted by atomic mass is 32.1. The molecule has 0 saturated carbocycles. The fraction of sp³-hybridized carbons (Fsp3) is 0.294. The number of fused-ring (bicyclic) bond motifs is 5. The van der Waals surface area contributed by atoms with E-state index in [1.54, 1.807) is 23.2 Å². The van der Waals surface area contributed by atoms with Gasteiger partial charge in [0.05, 0.1) is 5.39 Å². The predicted octanol–water partition coefficient (Wildman–Crippen LogP) is 3.53. The maximum atomic E-state index is 4.79. The average Bonchev–Trinajstić information content (AvgIpc) is 3.15. The number of hydrogen-bond acceptors (Lipinski definition) is 5. The maximum Gasteiger partial charge on any atom is 0.183 e. The summed E-state index contributed by atoms with van der Waals surface area (Å²) < 4.78 is 1.80. The SMILES string of the molecule is C[C@H]1CCc2c(sc3ncn4nc(-c5cccnc5)nc4c23)C1. The lowest BCUT2D eigenvalue weighted by Crippen LogP contribution is -2.08. The van der Waals surface area contributed by atoms with Crippen molar-refractivity contribution in [2.24, 2.45) is 5.92 Å². The van der Waals surface area contributed by atoms with E-state index >= 15 is 0 Å². The van der Waals surface area contributed by atoms with Crippen LogP contribution < -0.4 is 0 Å². The van der Waals surface area contributed by atoms with Gasteiger partial charge in [0.15, 0.2) is 11.5 Å². The van der Waals surface area contributed by atoms with E-state index in [2.05, 4.69) is 22.0 Å². The van der Waals surface area contributed by atoms with Crippen LogP contribution >= 0.6 is 11.3 Å². The van der Waals surface area contributed by atoms with Gasteiger partial charge in [-0.3, -0.25) is 4.98 Å². The van der Waals surface area contributed by atoms with E-state index in [1.807, 2.05) is 23.5 Å². The summed E-state index contributed by atoms with van der Waals surface area (Å²) in [5, 5.41) is 5.78. The summed E-state index contributed by atoms with van der Waals surface area (Å²) in [6.45, 7) is 2.33. The van der Waals surface area contributed by atoms with Crippen LogP contribution in [0, 0.1) is 5.92 Å². The van der Waals surface area contributed by atoms with Crippen molar-refractivity contribution in [2.75, 3.05) is 0 Å². The molecular formula is C17H15N5S. The molecule has 0 radical (unpaired) electrons. The topological polar surface area (TPSA) is 56.0 Å². The molecule has 23 heavy (non-hydrogen) atoms. The monoisotopic (exact) mass is 321 g/mol. The van der Waals surface area contributed by atoms with E-state index in [-0.39, 0.29) is 0 Å². The summed E-state index contributed by atoms with van der Waals surface area (Å²) in [5.74, 6) is 1.46. The zero-order valence-corrected chi connectivity index (χ0v) is 13.5. The zero-order chi connectivity index (χ0) is 15.4. The van der Waals surface area contributed by atoms with Gasteiger partial charge in [-0.2, -0.15) is 0 Å². The molecule has 5 nitrogen and oxygen atoms in total. The summed E-state index contributed by atoms with van der Waals surface area (Å²) >= 11 is 1.82. The van der Waals surface area contributed by atoms with E-state index in [0.29, 0.717) is 5.82 Å². The largest absolute Gasteiger partial charge is 0.264 e.